The molecule has 140 valence electrons. The molecule has 0 radical (unpaired) electrons. The zero-order valence-electron chi connectivity index (χ0n) is 13.5. The summed E-state index contributed by atoms with van der Waals surface area (Å²) < 4.78 is 7.04. The fourth-order valence-corrected chi connectivity index (χ4v) is 3.16. The molecule has 0 aromatic carbocycles. The summed E-state index contributed by atoms with van der Waals surface area (Å²) in [5.41, 5.74) is 7.64. The maximum Gasteiger partial charge on any atom is 0.166 e. The van der Waals surface area contributed by atoms with Crippen molar-refractivity contribution in [3.8, 4) is 0 Å². The highest BCUT2D eigenvalue weighted by molar-refractivity contribution is 6.33. The summed E-state index contributed by atoms with van der Waals surface area (Å²) >= 11 is 5.99. The summed E-state index contributed by atoms with van der Waals surface area (Å²) in [7, 11) is 0. The Hall–Kier alpha value is -2.05. The zero-order chi connectivity index (χ0) is 19.1. The van der Waals surface area contributed by atoms with Gasteiger partial charge < -0.3 is 25.2 Å². The van der Waals surface area contributed by atoms with Gasteiger partial charge >= 0.3 is 0 Å². The second-order valence-corrected chi connectivity index (χ2v) is 6.40. The lowest BCUT2D eigenvalue weighted by Crippen LogP contribution is -2.52. The van der Waals surface area contributed by atoms with Crippen LogP contribution < -0.4 is 0 Å². The molecule has 1 aliphatic rings. The third kappa shape index (κ3) is 2.77. The third-order valence-corrected chi connectivity index (χ3v) is 4.74. The van der Waals surface area contributed by atoms with Crippen LogP contribution in [0.4, 0.5) is 0 Å². The van der Waals surface area contributed by atoms with E-state index in [-0.39, 0.29) is 16.3 Å². The van der Waals surface area contributed by atoms with Gasteiger partial charge in [-0.2, -0.15) is 0 Å². The number of hydrogen-bond acceptors (Lipinski definition) is 9. The first kappa shape index (κ1) is 18.7. The van der Waals surface area contributed by atoms with E-state index in [0.29, 0.717) is 0 Å². The van der Waals surface area contributed by atoms with Crippen molar-refractivity contribution in [2.75, 3.05) is 6.61 Å². The lowest BCUT2D eigenvalue weighted by Gasteiger charge is -2.36. The summed E-state index contributed by atoms with van der Waals surface area (Å²) in [6.07, 6.45) is -5.14. The Bertz CT molecular complexity index is 859. The molecule has 0 amide bonds. The van der Waals surface area contributed by atoms with E-state index in [1.165, 1.54) is 24.1 Å². The number of ether oxygens (including phenoxy) is 1. The van der Waals surface area contributed by atoms with Crippen molar-refractivity contribution in [3.05, 3.63) is 28.3 Å². The van der Waals surface area contributed by atoms with Gasteiger partial charge in [0, 0.05) is 4.91 Å². The van der Waals surface area contributed by atoms with Crippen molar-refractivity contribution in [2.24, 2.45) is 5.11 Å². The van der Waals surface area contributed by atoms with Gasteiger partial charge in [-0.1, -0.05) is 16.7 Å². The molecule has 2 aromatic rings. The molecule has 3 heterocycles. The highest BCUT2D eigenvalue weighted by Gasteiger charge is 2.53. The second kappa shape index (κ2) is 6.93. The molecular formula is C13H16ClN7O5. The highest BCUT2D eigenvalue weighted by atomic mass is 35.5. The molecule has 0 spiro atoms. The van der Waals surface area contributed by atoms with Crippen LogP contribution in [0.15, 0.2) is 17.8 Å². The Kier molecular flexibility index (Phi) is 4.99. The number of aliphatic hydroxyl groups is 4. The molecule has 1 aliphatic heterocycles. The molecule has 12 nitrogen and oxygen atoms in total. The van der Waals surface area contributed by atoms with Gasteiger partial charge in [-0.05, 0) is 12.5 Å². The predicted molar refractivity (Wildman–Crippen MR) is 86.9 cm³/mol. The van der Waals surface area contributed by atoms with E-state index in [2.05, 4.69) is 25.0 Å². The largest absolute Gasteiger partial charge is 0.394 e. The first-order valence-corrected chi connectivity index (χ1v) is 7.92. The van der Waals surface area contributed by atoms with Crippen LogP contribution in [0.25, 0.3) is 21.6 Å². The first-order chi connectivity index (χ1) is 12.3. The van der Waals surface area contributed by atoms with Gasteiger partial charge in [0.2, 0.25) is 0 Å². The molecule has 4 N–H and O–H groups in total. The summed E-state index contributed by atoms with van der Waals surface area (Å²) in [5, 5.41) is 44.1. The number of aromatic nitrogens is 4. The Morgan fingerprint density at radius 3 is 2.73 bits per heavy atom. The molecule has 0 saturated carbocycles. The molecule has 1 fully saturated rings. The number of hydrogen-bond donors (Lipinski definition) is 4. The summed E-state index contributed by atoms with van der Waals surface area (Å²) in [5.74, 6) is 0. The Morgan fingerprint density at radius 2 is 2.08 bits per heavy atom. The third-order valence-electron chi connectivity index (χ3n) is 4.46. The van der Waals surface area contributed by atoms with Crippen LogP contribution in [-0.2, 0) is 4.74 Å². The molecule has 0 aliphatic carbocycles. The standard InChI is InChI=1S/C13H16ClN7O5/c1-13(19-20-15)9(25)8(24)7(23)5(2-22)26-12(13)21-4-18-6-10(14)16-3-17-11(6)21/h3-5,7-9,12,22-25H,2H2,1H3/t5-,7-,8+,9-,12-,13-/m1/s1. The van der Waals surface area contributed by atoms with E-state index >= 15 is 0 Å². The minimum absolute atomic E-state index is 0.0761. The minimum atomic E-state index is -1.77. The summed E-state index contributed by atoms with van der Waals surface area (Å²) in [6.45, 7) is 0.683. The maximum absolute atomic E-state index is 10.6. The first-order valence-electron chi connectivity index (χ1n) is 7.55. The minimum Gasteiger partial charge on any atom is -0.394 e. The smallest absolute Gasteiger partial charge is 0.166 e. The van der Waals surface area contributed by atoms with Gasteiger partial charge in [-0.25, -0.2) is 15.0 Å². The average Bonchev–Trinajstić information content (AvgIpc) is 3.03. The van der Waals surface area contributed by atoms with Crippen molar-refractivity contribution >= 4 is 22.8 Å². The molecule has 2 aromatic heterocycles. The van der Waals surface area contributed by atoms with Crippen LogP contribution in [0.3, 0.4) is 0 Å². The number of imidazole rings is 1. The molecule has 0 bridgehead atoms. The van der Waals surface area contributed by atoms with E-state index < -0.39 is 42.8 Å². The van der Waals surface area contributed by atoms with Crippen LogP contribution in [-0.4, -0.2) is 76.5 Å². The molecular weight excluding hydrogens is 370 g/mol. The number of rotatable bonds is 3. The Labute approximate surface area is 151 Å². The van der Waals surface area contributed by atoms with E-state index in [1.54, 1.807) is 0 Å². The highest BCUT2D eigenvalue weighted by Crippen LogP contribution is 2.39. The monoisotopic (exact) mass is 385 g/mol. The molecule has 26 heavy (non-hydrogen) atoms. The predicted octanol–water partition coefficient (Wildman–Crippen LogP) is -0.479. The van der Waals surface area contributed by atoms with Crippen molar-refractivity contribution in [1.29, 1.82) is 0 Å². The fraction of sp³-hybridized carbons (Fsp3) is 0.615. The van der Waals surface area contributed by atoms with Crippen LogP contribution in [0, 0.1) is 0 Å². The SMILES string of the molecule is C[C@@]1(N=[N+]=[N-])[C@H](O)[C@@H](O)[C@H](O)[C@@H](CO)O[C@H]1n1cnc2c(Cl)ncnc21. The molecule has 0 unspecified atom stereocenters. The number of fused-ring (bicyclic) bond motifs is 1. The normalized spacial score (nSPS) is 35.1. The van der Waals surface area contributed by atoms with E-state index in [1.807, 2.05) is 0 Å². The maximum atomic E-state index is 10.6. The van der Waals surface area contributed by atoms with Crippen LogP contribution in [0.5, 0.6) is 0 Å². The molecule has 3 rings (SSSR count). The zero-order valence-corrected chi connectivity index (χ0v) is 14.2. The quantitative estimate of drug-likeness (QED) is 0.236. The van der Waals surface area contributed by atoms with Crippen molar-refractivity contribution in [1.82, 2.24) is 19.5 Å². The topological polar surface area (TPSA) is 183 Å². The Morgan fingerprint density at radius 1 is 1.35 bits per heavy atom. The van der Waals surface area contributed by atoms with Gasteiger partial charge in [-0.15, -0.1) is 0 Å². The summed E-state index contributed by atoms with van der Waals surface area (Å²) in [6, 6.07) is 0. The number of nitrogens with zero attached hydrogens (tertiary/aromatic N) is 7. The van der Waals surface area contributed by atoms with Crippen LogP contribution >= 0.6 is 11.6 Å². The van der Waals surface area contributed by atoms with E-state index in [4.69, 9.17) is 21.9 Å². The van der Waals surface area contributed by atoms with Crippen molar-refractivity contribution < 1.29 is 25.2 Å². The number of aliphatic hydroxyl groups excluding tert-OH is 4. The van der Waals surface area contributed by atoms with E-state index in [0.717, 1.165) is 0 Å². The van der Waals surface area contributed by atoms with Crippen LogP contribution in [0.2, 0.25) is 5.15 Å². The Balaban J connectivity index is 2.22. The van der Waals surface area contributed by atoms with Gasteiger partial charge in [-0.3, -0.25) is 4.57 Å². The van der Waals surface area contributed by atoms with Crippen molar-refractivity contribution in [2.45, 2.75) is 43.1 Å². The van der Waals surface area contributed by atoms with Crippen LogP contribution in [0.1, 0.15) is 13.2 Å². The van der Waals surface area contributed by atoms with E-state index in [9.17, 15) is 20.4 Å². The van der Waals surface area contributed by atoms with Gasteiger partial charge in [0.05, 0.1) is 19.0 Å². The lowest BCUT2D eigenvalue weighted by molar-refractivity contribution is -0.137. The van der Waals surface area contributed by atoms with Gasteiger partial charge in [0.1, 0.15) is 35.7 Å². The average molecular weight is 386 g/mol. The number of halogens is 1. The second-order valence-electron chi connectivity index (χ2n) is 6.04. The lowest BCUT2D eigenvalue weighted by atomic mass is 9.88. The summed E-state index contributed by atoms with van der Waals surface area (Å²) in [4.78, 5) is 14.7. The fourth-order valence-electron chi connectivity index (χ4n) is 2.98. The molecule has 6 atom stereocenters. The molecule has 1 saturated heterocycles. The number of azide groups is 1. The molecule has 13 heteroatoms. The van der Waals surface area contributed by atoms with Crippen molar-refractivity contribution in [3.63, 3.8) is 0 Å². The van der Waals surface area contributed by atoms with Gasteiger partial charge in [0.15, 0.2) is 17.0 Å². The van der Waals surface area contributed by atoms with Gasteiger partial charge in [0.25, 0.3) is 0 Å².